The molecule has 1 aromatic carbocycles. The molecule has 0 aliphatic heterocycles. The molecule has 0 atom stereocenters. The van der Waals surface area contributed by atoms with Crippen LogP contribution in [0.5, 0.6) is 0 Å². The van der Waals surface area contributed by atoms with Crippen molar-refractivity contribution in [3.05, 3.63) is 45.8 Å². The quantitative estimate of drug-likeness (QED) is 0.497. The van der Waals surface area contributed by atoms with E-state index in [0.717, 1.165) is 6.07 Å². The molecule has 0 aliphatic carbocycles. The summed E-state index contributed by atoms with van der Waals surface area (Å²) in [4.78, 5) is 20.5. The van der Waals surface area contributed by atoms with Gasteiger partial charge >= 0.3 is 5.97 Å². The first-order valence-corrected chi connectivity index (χ1v) is 4.84. The number of non-ortho nitro benzene ring substituents is 1. The summed E-state index contributed by atoms with van der Waals surface area (Å²) in [6, 6.07) is 5.24. The lowest BCUT2D eigenvalue weighted by molar-refractivity contribution is -0.384. The first kappa shape index (κ1) is 12.8. The highest BCUT2D eigenvalue weighted by molar-refractivity contribution is 5.94. The van der Waals surface area contributed by atoms with E-state index in [1.54, 1.807) is 6.92 Å². The molecule has 0 unspecified atom stereocenters. The highest BCUT2D eigenvalue weighted by Gasteiger charge is 2.16. The molecule has 90 valence electrons. The molecule has 1 aromatic rings. The minimum absolute atomic E-state index is 0.0544. The van der Waals surface area contributed by atoms with Gasteiger partial charge in [0.05, 0.1) is 4.92 Å². The van der Waals surface area contributed by atoms with Crippen molar-refractivity contribution >= 4 is 17.2 Å². The second kappa shape index (κ2) is 5.20. The number of allylic oxidation sites excluding steroid dienone is 1. The standard InChI is InChI=1S/C11H10FNO4/c1-2-9(10(12)11(14)15)7-4-3-5-8(6-7)13(16)17/h3-6H,2H2,1H3,(H,14,15)/b10-9-. The van der Waals surface area contributed by atoms with Crippen LogP contribution < -0.4 is 0 Å². The maximum absolute atomic E-state index is 13.3. The predicted molar refractivity (Wildman–Crippen MR) is 59.1 cm³/mol. The number of carboxylic acids is 1. The summed E-state index contributed by atoms with van der Waals surface area (Å²) in [5, 5.41) is 19.1. The summed E-state index contributed by atoms with van der Waals surface area (Å²) in [6.45, 7) is 1.58. The highest BCUT2D eigenvalue weighted by atomic mass is 19.1. The Bertz CT molecular complexity index is 496. The van der Waals surface area contributed by atoms with Gasteiger partial charge in [0.25, 0.3) is 5.69 Å². The zero-order chi connectivity index (χ0) is 13.0. The van der Waals surface area contributed by atoms with Gasteiger partial charge in [0.2, 0.25) is 5.83 Å². The van der Waals surface area contributed by atoms with Gasteiger partial charge in [0.1, 0.15) is 0 Å². The van der Waals surface area contributed by atoms with E-state index < -0.39 is 16.7 Å². The summed E-state index contributed by atoms with van der Waals surface area (Å²) >= 11 is 0. The lowest BCUT2D eigenvalue weighted by Gasteiger charge is -2.05. The van der Waals surface area contributed by atoms with Crippen molar-refractivity contribution in [2.75, 3.05) is 0 Å². The fourth-order valence-electron chi connectivity index (χ4n) is 1.42. The van der Waals surface area contributed by atoms with E-state index in [4.69, 9.17) is 5.11 Å². The number of nitro benzene ring substituents is 1. The van der Waals surface area contributed by atoms with Crippen LogP contribution in [0.25, 0.3) is 5.57 Å². The van der Waals surface area contributed by atoms with Crippen molar-refractivity contribution in [3.63, 3.8) is 0 Å². The number of halogens is 1. The molecule has 6 heteroatoms. The zero-order valence-corrected chi connectivity index (χ0v) is 9.01. The Kier molecular flexibility index (Phi) is 3.92. The van der Waals surface area contributed by atoms with Crippen LogP contribution in [-0.4, -0.2) is 16.0 Å². The number of carbonyl (C=O) groups is 1. The molecular formula is C11H10FNO4. The molecule has 5 nitrogen and oxygen atoms in total. The fourth-order valence-corrected chi connectivity index (χ4v) is 1.42. The summed E-state index contributed by atoms with van der Waals surface area (Å²) in [5.74, 6) is -2.96. The van der Waals surface area contributed by atoms with Crippen molar-refractivity contribution in [1.82, 2.24) is 0 Å². The van der Waals surface area contributed by atoms with E-state index in [1.165, 1.54) is 18.2 Å². The minimum atomic E-state index is -1.67. The molecule has 0 radical (unpaired) electrons. The number of carboxylic acid groups (broad SMARTS) is 1. The second-order valence-corrected chi connectivity index (χ2v) is 3.26. The average Bonchev–Trinajstić information content (AvgIpc) is 2.30. The summed E-state index contributed by atoms with van der Waals surface area (Å²) in [6.07, 6.45) is 0.138. The normalized spacial score (nSPS) is 11.9. The average molecular weight is 239 g/mol. The smallest absolute Gasteiger partial charge is 0.365 e. The van der Waals surface area contributed by atoms with Gasteiger partial charge in [-0.15, -0.1) is 0 Å². The molecule has 0 saturated heterocycles. The Morgan fingerprint density at radius 2 is 2.18 bits per heavy atom. The molecular weight excluding hydrogens is 229 g/mol. The number of nitro groups is 1. The molecule has 0 bridgehead atoms. The van der Waals surface area contributed by atoms with Crippen LogP contribution in [0, 0.1) is 10.1 Å². The number of aliphatic carboxylic acids is 1. The maximum Gasteiger partial charge on any atom is 0.365 e. The molecule has 0 spiro atoms. The summed E-state index contributed by atoms with van der Waals surface area (Å²) in [5.41, 5.74) is -0.0468. The highest BCUT2D eigenvalue weighted by Crippen LogP contribution is 2.26. The number of rotatable bonds is 4. The largest absolute Gasteiger partial charge is 0.476 e. The summed E-state index contributed by atoms with van der Waals surface area (Å²) in [7, 11) is 0. The second-order valence-electron chi connectivity index (χ2n) is 3.26. The lowest BCUT2D eigenvalue weighted by Crippen LogP contribution is -2.00. The Balaban J connectivity index is 3.31. The minimum Gasteiger partial charge on any atom is -0.476 e. The molecule has 0 aromatic heterocycles. The van der Waals surface area contributed by atoms with Gasteiger partial charge in [-0.3, -0.25) is 10.1 Å². The van der Waals surface area contributed by atoms with Gasteiger partial charge in [-0.1, -0.05) is 19.1 Å². The first-order valence-electron chi connectivity index (χ1n) is 4.84. The van der Waals surface area contributed by atoms with E-state index in [0.29, 0.717) is 0 Å². The third kappa shape index (κ3) is 2.87. The van der Waals surface area contributed by atoms with Crippen LogP contribution in [-0.2, 0) is 4.79 Å². The number of hydrogen-bond acceptors (Lipinski definition) is 3. The van der Waals surface area contributed by atoms with Gasteiger partial charge in [0.15, 0.2) is 0 Å². The molecule has 0 amide bonds. The molecule has 0 fully saturated rings. The molecule has 0 aliphatic rings. The third-order valence-electron chi connectivity index (χ3n) is 2.21. The Labute approximate surface area is 96.3 Å². The molecule has 1 N–H and O–H groups in total. The Morgan fingerprint density at radius 1 is 1.53 bits per heavy atom. The van der Waals surface area contributed by atoms with Crippen LogP contribution in [0.4, 0.5) is 10.1 Å². The third-order valence-corrected chi connectivity index (χ3v) is 2.21. The van der Waals surface area contributed by atoms with Crippen molar-refractivity contribution in [3.8, 4) is 0 Å². The van der Waals surface area contributed by atoms with E-state index in [9.17, 15) is 19.3 Å². The van der Waals surface area contributed by atoms with E-state index in [1.807, 2.05) is 0 Å². The van der Waals surface area contributed by atoms with Crippen molar-refractivity contribution < 1.29 is 19.2 Å². The Morgan fingerprint density at radius 3 is 2.65 bits per heavy atom. The van der Waals surface area contributed by atoms with Crippen molar-refractivity contribution in [2.45, 2.75) is 13.3 Å². The topological polar surface area (TPSA) is 80.4 Å². The molecule has 1 rings (SSSR count). The molecule has 17 heavy (non-hydrogen) atoms. The van der Waals surface area contributed by atoms with Gasteiger partial charge in [-0.2, -0.15) is 4.39 Å². The predicted octanol–water partition coefficient (Wildman–Crippen LogP) is 2.77. The SMILES string of the molecule is CC/C(=C(/F)C(=O)O)c1cccc([N+](=O)[O-])c1. The number of benzene rings is 1. The number of nitrogens with zero attached hydrogens (tertiary/aromatic N) is 1. The molecule has 0 heterocycles. The van der Waals surface area contributed by atoms with Crippen LogP contribution in [0.15, 0.2) is 30.1 Å². The van der Waals surface area contributed by atoms with Crippen molar-refractivity contribution in [1.29, 1.82) is 0 Å². The molecule has 0 saturated carbocycles. The lowest BCUT2D eigenvalue weighted by atomic mass is 10.0. The van der Waals surface area contributed by atoms with Crippen LogP contribution in [0.3, 0.4) is 0 Å². The zero-order valence-electron chi connectivity index (χ0n) is 9.01. The number of hydrogen-bond donors (Lipinski definition) is 1. The van der Waals surface area contributed by atoms with Crippen LogP contribution >= 0.6 is 0 Å². The van der Waals surface area contributed by atoms with Crippen molar-refractivity contribution in [2.24, 2.45) is 0 Å². The monoisotopic (exact) mass is 239 g/mol. The van der Waals surface area contributed by atoms with Crippen LogP contribution in [0.2, 0.25) is 0 Å². The van der Waals surface area contributed by atoms with E-state index in [2.05, 4.69) is 0 Å². The van der Waals surface area contributed by atoms with Gasteiger partial charge in [-0.25, -0.2) is 4.79 Å². The Hall–Kier alpha value is -2.24. The summed E-state index contributed by atoms with van der Waals surface area (Å²) < 4.78 is 13.3. The van der Waals surface area contributed by atoms with Gasteiger partial charge in [0, 0.05) is 17.7 Å². The maximum atomic E-state index is 13.3. The van der Waals surface area contributed by atoms with Gasteiger partial charge in [-0.05, 0) is 12.0 Å². The first-order chi connectivity index (χ1) is 7.97. The fraction of sp³-hybridized carbons (Fsp3) is 0.182. The van der Waals surface area contributed by atoms with Gasteiger partial charge < -0.3 is 5.11 Å². The van der Waals surface area contributed by atoms with Crippen LogP contribution in [0.1, 0.15) is 18.9 Å². The van der Waals surface area contributed by atoms with E-state index in [-0.39, 0.29) is 23.2 Å². The van der Waals surface area contributed by atoms with E-state index >= 15 is 0 Å².